The van der Waals surface area contributed by atoms with Crippen LogP contribution in [0.2, 0.25) is 0 Å². The van der Waals surface area contributed by atoms with Crippen molar-refractivity contribution in [2.24, 2.45) is 7.05 Å². The summed E-state index contributed by atoms with van der Waals surface area (Å²) in [5, 5.41) is 25.0. The Labute approximate surface area is 182 Å². The molecule has 0 bridgehead atoms. The van der Waals surface area contributed by atoms with Gasteiger partial charge in [0.25, 0.3) is 5.69 Å². The Kier molecular flexibility index (Phi) is 6.98. The summed E-state index contributed by atoms with van der Waals surface area (Å²) in [4.78, 5) is 35.0. The zero-order valence-electron chi connectivity index (χ0n) is 16.9. The maximum absolute atomic E-state index is 12.2. The monoisotopic (exact) mass is 440 g/mol. The van der Waals surface area contributed by atoms with E-state index in [1.165, 1.54) is 6.07 Å². The molecule has 1 aromatic heterocycles. The van der Waals surface area contributed by atoms with E-state index in [2.05, 4.69) is 20.8 Å². The molecule has 2 N–H and O–H groups in total. The molecule has 0 unspecified atom stereocenters. The predicted octanol–water partition coefficient (Wildman–Crippen LogP) is 2.94. The number of amides is 2. The molecule has 0 aliphatic rings. The highest BCUT2D eigenvalue weighted by Crippen LogP contribution is 2.23. The van der Waals surface area contributed by atoms with Gasteiger partial charge in [0.05, 0.1) is 17.1 Å². The van der Waals surface area contributed by atoms with Gasteiger partial charge in [0.1, 0.15) is 5.82 Å². The number of aromatic nitrogens is 3. The van der Waals surface area contributed by atoms with Crippen molar-refractivity contribution in [3.8, 4) is 0 Å². The van der Waals surface area contributed by atoms with Crippen LogP contribution in [0, 0.1) is 17.0 Å². The van der Waals surface area contributed by atoms with Crippen LogP contribution in [-0.2, 0) is 23.1 Å². The van der Waals surface area contributed by atoms with Crippen LogP contribution < -0.4 is 10.6 Å². The van der Waals surface area contributed by atoms with Crippen LogP contribution in [0.3, 0.4) is 0 Å². The van der Waals surface area contributed by atoms with Crippen LogP contribution >= 0.6 is 11.8 Å². The van der Waals surface area contributed by atoms with E-state index in [4.69, 9.17) is 0 Å². The fourth-order valence-electron chi connectivity index (χ4n) is 2.71. The zero-order chi connectivity index (χ0) is 22.4. The van der Waals surface area contributed by atoms with Gasteiger partial charge in [0.15, 0.2) is 5.16 Å². The molecular weight excluding hydrogens is 420 g/mol. The minimum Gasteiger partial charge on any atom is -0.326 e. The molecular formula is C20H20N6O4S. The second kappa shape index (κ2) is 9.85. The summed E-state index contributed by atoms with van der Waals surface area (Å²) in [7, 11) is 1.72. The summed E-state index contributed by atoms with van der Waals surface area (Å²) in [6, 6.07) is 13.6. The van der Waals surface area contributed by atoms with E-state index in [9.17, 15) is 19.7 Å². The summed E-state index contributed by atoms with van der Waals surface area (Å²) in [6.07, 6.45) is 0.0399. The SMILES string of the molecule is Cc1ccc(NC(=O)CSc2nnc(CC(=O)Nc3ccccc3)n2C)cc1[N+](=O)[O-]. The predicted molar refractivity (Wildman–Crippen MR) is 117 cm³/mol. The van der Waals surface area contributed by atoms with Gasteiger partial charge in [-0.25, -0.2) is 0 Å². The van der Waals surface area contributed by atoms with E-state index < -0.39 is 4.92 Å². The fraction of sp³-hybridized carbons (Fsp3) is 0.200. The molecule has 11 heteroatoms. The maximum atomic E-state index is 12.2. The second-order valence-electron chi connectivity index (χ2n) is 6.64. The van der Waals surface area contributed by atoms with E-state index >= 15 is 0 Å². The van der Waals surface area contributed by atoms with Crippen molar-refractivity contribution in [3.05, 3.63) is 70.0 Å². The first-order valence-electron chi connectivity index (χ1n) is 9.24. The molecule has 2 amide bonds. The lowest BCUT2D eigenvalue weighted by molar-refractivity contribution is -0.385. The molecule has 0 radical (unpaired) electrons. The van der Waals surface area contributed by atoms with Gasteiger partial charge in [-0.1, -0.05) is 36.0 Å². The van der Waals surface area contributed by atoms with Gasteiger partial charge in [0.2, 0.25) is 11.8 Å². The number of nitro groups is 1. The Morgan fingerprint density at radius 1 is 1.06 bits per heavy atom. The van der Waals surface area contributed by atoms with E-state index in [0.29, 0.717) is 27.9 Å². The average molecular weight is 440 g/mol. The van der Waals surface area contributed by atoms with Crippen LogP contribution in [0.25, 0.3) is 0 Å². The van der Waals surface area contributed by atoms with E-state index in [1.54, 1.807) is 42.8 Å². The summed E-state index contributed by atoms with van der Waals surface area (Å²) in [5.41, 5.74) is 1.49. The largest absolute Gasteiger partial charge is 0.326 e. The minimum atomic E-state index is -0.491. The van der Waals surface area contributed by atoms with Crippen LogP contribution in [0.5, 0.6) is 0 Å². The second-order valence-corrected chi connectivity index (χ2v) is 7.59. The van der Waals surface area contributed by atoms with Gasteiger partial charge in [-0.3, -0.25) is 19.7 Å². The number of nitrogens with zero attached hydrogens (tertiary/aromatic N) is 4. The molecule has 3 rings (SSSR count). The van der Waals surface area contributed by atoms with Gasteiger partial charge in [0, 0.05) is 30.1 Å². The Bertz CT molecular complexity index is 1120. The van der Waals surface area contributed by atoms with Crippen LogP contribution in [0.15, 0.2) is 53.7 Å². The van der Waals surface area contributed by atoms with Gasteiger partial charge < -0.3 is 15.2 Å². The number of thioether (sulfide) groups is 1. The molecule has 0 saturated carbocycles. The molecule has 0 fully saturated rings. The van der Waals surface area contributed by atoms with Crippen molar-refractivity contribution in [3.63, 3.8) is 0 Å². The number of hydrogen-bond donors (Lipinski definition) is 2. The van der Waals surface area contributed by atoms with Crippen molar-refractivity contribution in [1.82, 2.24) is 14.8 Å². The van der Waals surface area contributed by atoms with Crippen molar-refractivity contribution < 1.29 is 14.5 Å². The maximum Gasteiger partial charge on any atom is 0.274 e. The summed E-state index contributed by atoms with van der Waals surface area (Å²) >= 11 is 1.15. The van der Waals surface area contributed by atoms with E-state index in [-0.39, 0.29) is 29.7 Å². The van der Waals surface area contributed by atoms with Crippen molar-refractivity contribution in [2.45, 2.75) is 18.5 Å². The molecule has 0 saturated heterocycles. The van der Waals surface area contributed by atoms with Crippen molar-refractivity contribution in [1.29, 1.82) is 0 Å². The first kappa shape index (κ1) is 22.0. The first-order valence-corrected chi connectivity index (χ1v) is 10.2. The molecule has 10 nitrogen and oxygen atoms in total. The first-order chi connectivity index (χ1) is 14.8. The Balaban J connectivity index is 1.55. The Morgan fingerprint density at radius 2 is 1.77 bits per heavy atom. The average Bonchev–Trinajstić information content (AvgIpc) is 3.07. The number of rotatable bonds is 8. The van der Waals surface area contributed by atoms with Gasteiger partial charge in [-0.2, -0.15) is 0 Å². The number of nitrogens with one attached hydrogen (secondary N) is 2. The molecule has 2 aromatic carbocycles. The zero-order valence-corrected chi connectivity index (χ0v) is 17.7. The molecule has 0 atom stereocenters. The molecule has 0 aliphatic heterocycles. The third-order valence-electron chi connectivity index (χ3n) is 4.32. The number of aryl methyl sites for hydroxylation is 1. The number of hydrogen-bond acceptors (Lipinski definition) is 7. The molecule has 31 heavy (non-hydrogen) atoms. The normalized spacial score (nSPS) is 10.5. The number of carbonyl (C=O) groups excluding carboxylic acids is 2. The summed E-state index contributed by atoms with van der Waals surface area (Å²) in [6.45, 7) is 1.63. The fourth-order valence-corrected chi connectivity index (χ4v) is 3.44. The highest BCUT2D eigenvalue weighted by molar-refractivity contribution is 7.99. The summed E-state index contributed by atoms with van der Waals surface area (Å²) < 4.78 is 1.65. The third kappa shape index (κ3) is 5.89. The number of nitro benzene ring substituents is 1. The Hall–Kier alpha value is -3.73. The van der Waals surface area contributed by atoms with E-state index in [1.807, 2.05) is 18.2 Å². The highest BCUT2D eigenvalue weighted by atomic mass is 32.2. The van der Waals surface area contributed by atoms with Gasteiger partial charge in [-0.05, 0) is 25.1 Å². The molecule has 0 spiro atoms. The number of benzene rings is 2. The van der Waals surface area contributed by atoms with Crippen LogP contribution in [0.1, 0.15) is 11.4 Å². The molecule has 0 aliphatic carbocycles. The third-order valence-corrected chi connectivity index (χ3v) is 5.34. The van der Waals surface area contributed by atoms with Crippen LogP contribution in [-0.4, -0.2) is 37.3 Å². The molecule has 1 heterocycles. The van der Waals surface area contributed by atoms with E-state index in [0.717, 1.165) is 11.8 Å². The lowest BCUT2D eigenvalue weighted by Gasteiger charge is -2.07. The van der Waals surface area contributed by atoms with Gasteiger partial charge in [-0.15, -0.1) is 10.2 Å². The minimum absolute atomic E-state index is 0.0316. The Morgan fingerprint density at radius 3 is 2.48 bits per heavy atom. The molecule has 160 valence electrons. The summed E-state index contributed by atoms with van der Waals surface area (Å²) in [5.74, 6) is -0.0684. The molecule has 3 aromatic rings. The lowest BCUT2D eigenvalue weighted by atomic mass is 10.2. The topological polar surface area (TPSA) is 132 Å². The quantitative estimate of drug-likeness (QED) is 0.313. The number of anilines is 2. The lowest BCUT2D eigenvalue weighted by Crippen LogP contribution is -2.17. The van der Waals surface area contributed by atoms with Gasteiger partial charge >= 0.3 is 0 Å². The standard InChI is InChI=1S/C20H20N6O4S/c1-13-8-9-15(10-16(13)26(29)30)22-19(28)12-31-20-24-23-17(25(20)2)11-18(27)21-14-6-4-3-5-7-14/h3-10H,11-12H2,1-2H3,(H,21,27)(H,22,28). The number of para-hydroxylation sites is 1. The number of carbonyl (C=O) groups is 2. The van der Waals surface area contributed by atoms with Crippen molar-refractivity contribution >= 4 is 40.6 Å². The highest BCUT2D eigenvalue weighted by Gasteiger charge is 2.16. The van der Waals surface area contributed by atoms with Crippen LogP contribution in [0.4, 0.5) is 17.1 Å². The smallest absolute Gasteiger partial charge is 0.274 e. The van der Waals surface area contributed by atoms with Crippen molar-refractivity contribution in [2.75, 3.05) is 16.4 Å².